The summed E-state index contributed by atoms with van der Waals surface area (Å²) in [5, 5.41) is 24.9. The molecule has 0 aromatic rings. The van der Waals surface area contributed by atoms with Crippen LogP contribution in [0.1, 0.15) is 13.8 Å². The lowest BCUT2D eigenvalue weighted by atomic mass is 10.0. The summed E-state index contributed by atoms with van der Waals surface area (Å²) in [4.78, 5) is 45.8. The van der Waals surface area contributed by atoms with Crippen LogP contribution in [0.4, 0.5) is 0 Å². The van der Waals surface area contributed by atoms with Crippen molar-refractivity contribution in [3.05, 3.63) is 0 Å². The Morgan fingerprint density at radius 2 is 1.42 bits per heavy atom. The molecule has 9 nitrogen and oxygen atoms in total. The smallest absolute Gasteiger partial charge is 0.326 e. The van der Waals surface area contributed by atoms with Crippen LogP contribution in [0.2, 0.25) is 0 Å². The summed E-state index contributed by atoms with van der Waals surface area (Å²) >= 11 is 7.94. The van der Waals surface area contributed by atoms with Gasteiger partial charge in [0.2, 0.25) is 11.8 Å². The number of amides is 2. The largest absolute Gasteiger partial charge is 0.480 e. The average molecular weight is 381 g/mol. The van der Waals surface area contributed by atoms with Gasteiger partial charge in [0, 0.05) is 11.5 Å². The third-order valence-electron chi connectivity index (χ3n) is 3.04. The lowest BCUT2D eigenvalue weighted by Gasteiger charge is -2.24. The molecule has 0 bridgehead atoms. The van der Waals surface area contributed by atoms with Gasteiger partial charge in [0.1, 0.15) is 12.1 Å². The average Bonchev–Trinajstić information content (AvgIpc) is 2.49. The molecule has 24 heavy (non-hydrogen) atoms. The second-order valence-electron chi connectivity index (χ2n) is 5.32. The molecule has 0 heterocycles. The van der Waals surface area contributed by atoms with E-state index in [1.807, 2.05) is 0 Å². The van der Waals surface area contributed by atoms with Gasteiger partial charge in [0.25, 0.3) is 0 Å². The van der Waals surface area contributed by atoms with E-state index in [2.05, 4.69) is 41.2 Å². The molecule has 138 valence electrons. The molecule has 11 heteroatoms. The molecule has 0 saturated carbocycles. The Kier molecular flexibility index (Phi) is 10.5. The van der Waals surface area contributed by atoms with Crippen molar-refractivity contribution in [2.24, 2.45) is 5.92 Å². The number of carbonyl (C=O) groups excluding carboxylic acids is 2. The summed E-state index contributed by atoms with van der Waals surface area (Å²) in [6, 6.07) is -3.07. The van der Waals surface area contributed by atoms with Crippen LogP contribution >= 0.6 is 25.3 Å². The molecule has 5 N–H and O–H groups in total. The van der Waals surface area contributed by atoms with Crippen LogP contribution in [-0.4, -0.2) is 70.1 Å². The molecular weight excluding hydrogens is 358 g/mol. The minimum atomic E-state index is -1.18. The normalized spacial score (nSPS) is 14.5. The van der Waals surface area contributed by atoms with Crippen molar-refractivity contribution in [2.45, 2.75) is 32.0 Å². The highest BCUT2D eigenvalue weighted by Gasteiger charge is 2.29. The van der Waals surface area contributed by atoms with E-state index in [4.69, 9.17) is 10.2 Å². The first-order valence-electron chi connectivity index (χ1n) is 7.14. The van der Waals surface area contributed by atoms with Gasteiger partial charge in [-0.2, -0.15) is 25.3 Å². The molecule has 0 aromatic heterocycles. The third kappa shape index (κ3) is 7.88. The Labute approximate surface area is 150 Å². The standard InChI is InChI=1S/C13H23N3O6S2/c1-6(2)10(13(21)22)16-12(20)8(5-24)15-11(19)7(4-23)14-3-9(17)18/h6-8,10,14,23-24H,3-5H2,1-2H3,(H,15,19)(H,16,20)(H,17,18)(H,21,22). The number of hydrogen-bond acceptors (Lipinski definition) is 7. The first kappa shape index (κ1) is 22.5. The molecule has 0 aliphatic heterocycles. The van der Waals surface area contributed by atoms with Gasteiger partial charge in [-0.25, -0.2) is 4.79 Å². The SMILES string of the molecule is CC(C)C(NC(=O)C(CS)NC(=O)C(CS)NCC(=O)O)C(=O)O. The summed E-state index contributed by atoms with van der Waals surface area (Å²) in [6.45, 7) is 2.84. The molecule has 3 unspecified atom stereocenters. The summed E-state index contributed by atoms with van der Waals surface area (Å²) in [5.74, 6) is -4.01. The zero-order valence-corrected chi connectivity index (χ0v) is 15.1. The number of thiol groups is 2. The van der Waals surface area contributed by atoms with Crippen molar-refractivity contribution in [3.63, 3.8) is 0 Å². The van der Waals surface area contributed by atoms with Crippen LogP contribution in [0, 0.1) is 5.92 Å². The monoisotopic (exact) mass is 381 g/mol. The Balaban J connectivity index is 4.82. The molecule has 0 radical (unpaired) electrons. The number of aliphatic carboxylic acids is 2. The Morgan fingerprint density at radius 3 is 1.79 bits per heavy atom. The number of carbonyl (C=O) groups is 4. The predicted octanol–water partition coefficient (Wildman–Crippen LogP) is -1.40. The summed E-state index contributed by atoms with van der Waals surface area (Å²) in [6.07, 6.45) is 0. The second-order valence-corrected chi connectivity index (χ2v) is 6.05. The molecule has 0 rings (SSSR count). The maximum absolute atomic E-state index is 12.1. The number of rotatable bonds is 11. The molecule has 3 atom stereocenters. The van der Waals surface area contributed by atoms with E-state index in [1.54, 1.807) is 13.8 Å². The topological polar surface area (TPSA) is 145 Å². The van der Waals surface area contributed by atoms with E-state index < -0.39 is 48.4 Å². The van der Waals surface area contributed by atoms with E-state index in [-0.39, 0.29) is 17.4 Å². The lowest BCUT2D eigenvalue weighted by molar-refractivity contribution is -0.143. The van der Waals surface area contributed by atoms with E-state index in [9.17, 15) is 19.2 Å². The van der Waals surface area contributed by atoms with Gasteiger partial charge in [0.05, 0.1) is 12.6 Å². The highest BCUT2D eigenvalue weighted by atomic mass is 32.1. The molecule has 0 spiro atoms. The van der Waals surface area contributed by atoms with Crippen molar-refractivity contribution in [1.82, 2.24) is 16.0 Å². The molecule has 2 amide bonds. The van der Waals surface area contributed by atoms with Gasteiger partial charge < -0.3 is 20.8 Å². The first-order valence-corrected chi connectivity index (χ1v) is 8.40. The zero-order valence-electron chi connectivity index (χ0n) is 13.4. The van der Waals surface area contributed by atoms with E-state index >= 15 is 0 Å². The van der Waals surface area contributed by atoms with Gasteiger partial charge in [-0.3, -0.25) is 19.7 Å². The van der Waals surface area contributed by atoms with Gasteiger partial charge in [-0.1, -0.05) is 13.8 Å². The molecule has 0 fully saturated rings. The fourth-order valence-corrected chi connectivity index (χ4v) is 2.24. The highest BCUT2D eigenvalue weighted by Crippen LogP contribution is 2.03. The second kappa shape index (κ2) is 11.2. The molecule has 0 aliphatic rings. The number of carboxylic acid groups (broad SMARTS) is 2. The van der Waals surface area contributed by atoms with E-state index in [1.165, 1.54) is 0 Å². The van der Waals surface area contributed by atoms with Crippen molar-refractivity contribution in [3.8, 4) is 0 Å². The molecule has 0 saturated heterocycles. The van der Waals surface area contributed by atoms with Crippen LogP contribution in [-0.2, 0) is 19.2 Å². The van der Waals surface area contributed by atoms with Crippen molar-refractivity contribution >= 4 is 49.0 Å². The summed E-state index contributed by atoms with van der Waals surface area (Å²) in [7, 11) is 0. The van der Waals surface area contributed by atoms with E-state index in [0.717, 1.165) is 0 Å². The quantitative estimate of drug-likeness (QED) is 0.218. The van der Waals surface area contributed by atoms with Crippen molar-refractivity contribution in [1.29, 1.82) is 0 Å². The Hall–Kier alpha value is -1.46. The van der Waals surface area contributed by atoms with Gasteiger partial charge >= 0.3 is 11.9 Å². The number of hydrogen-bond donors (Lipinski definition) is 7. The molecule has 0 aromatic carbocycles. The van der Waals surface area contributed by atoms with E-state index in [0.29, 0.717) is 0 Å². The fraction of sp³-hybridized carbons (Fsp3) is 0.692. The summed E-state index contributed by atoms with van der Waals surface area (Å²) < 4.78 is 0. The maximum atomic E-state index is 12.1. The van der Waals surface area contributed by atoms with Gasteiger partial charge in [-0.05, 0) is 5.92 Å². The number of carboxylic acids is 2. The first-order chi connectivity index (χ1) is 11.1. The minimum absolute atomic E-state index is 0.0176. The van der Waals surface area contributed by atoms with Crippen LogP contribution < -0.4 is 16.0 Å². The Morgan fingerprint density at radius 1 is 0.917 bits per heavy atom. The minimum Gasteiger partial charge on any atom is -0.480 e. The Bertz CT molecular complexity index is 475. The zero-order chi connectivity index (χ0) is 18.9. The van der Waals surface area contributed by atoms with Crippen LogP contribution in [0.5, 0.6) is 0 Å². The fourth-order valence-electron chi connectivity index (χ4n) is 1.68. The van der Waals surface area contributed by atoms with Crippen molar-refractivity contribution in [2.75, 3.05) is 18.1 Å². The summed E-state index contributed by atoms with van der Waals surface area (Å²) in [5.41, 5.74) is 0. The highest BCUT2D eigenvalue weighted by molar-refractivity contribution is 7.80. The molecular formula is C13H23N3O6S2. The van der Waals surface area contributed by atoms with Gasteiger partial charge in [0.15, 0.2) is 0 Å². The van der Waals surface area contributed by atoms with Crippen LogP contribution in [0.25, 0.3) is 0 Å². The molecule has 0 aliphatic carbocycles. The predicted molar refractivity (Wildman–Crippen MR) is 93.5 cm³/mol. The number of nitrogens with one attached hydrogen (secondary N) is 3. The maximum Gasteiger partial charge on any atom is 0.326 e. The van der Waals surface area contributed by atoms with Crippen LogP contribution in [0.15, 0.2) is 0 Å². The lowest BCUT2D eigenvalue weighted by Crippen LogP contribution is -2.57. The van der Waals surface area contributed by atoms with Crippen LogP contribution in [0.3, 0.4) is 0 Å². The third-order valence-corrected chi connectivity index (χ3v) is 3.78. The van der Waals surface area contributed by atoms with Gasteiger partial charge in [-0.15, -0.1) is 0 Å². The van der Waals surface area contributed by atoms with Crippen molar-refractivity contribution < 1.29 is 29.4 Å².